The van der Waals surface area contributed by atoms with Gasteiger partial charge in [-0.05, 0) is 42.6 Å². The Labute approximate surface area is 123 Å². The Hall–Kier alpha value is -2.26. The van der Waals surface area contributed by atoms with Crippen molar-refractivity contribution in [3.05, 3.63) is 66.2 Å². The van der Waals surface area contributed by atoms with Crippen LogP contribution in [0.2, 0.25) is 0 Å². The third kappa shape index (κ3) is 2.52. The molecule has 1 N–H and O–H groups in total. The van der Waals surface area contributed by atoms with Crippen LogP contribution in [0.5, 0.6) is 0 Å². The van der Waals surface area contributed by atoms with Gasteiger partial charge in [0.15, 0.2) is 0 Å². The molecule has 2 aromatic carbocycles. The number of nitrogens with zero attached hydrogens (tertiary/aromatic N) is 1. The number of rotatable bonds is 3. The molecule has 0 saturated heterocycles. The summed E-state index contributed by atoms with van der Waals surface area (Å²) >= 11 is 0. The summed E-state index contributed by atoms with van der Waals surface area (Å²) < 4.78 is 13.8. The molecule has 106 valence electrons. The Kier molecular flexibility index (Phi) is 3.67. The Morgan fingerprint density at radius 2 is 1.86 bits per heavy atom. The van der Waals surface area contributed by atoms with Gasteiger partial charge in [0.1, 0.15) is 5.82 Å². The van der Waals surface area contributed by atoms with E-state index >= 15 is 0 Å². The van der Waals surface area contributed by atoms with E-state index in [4.69, 9.17) is 0 Å². The number of hydrogen-bond donors (Lipinski definition) is 1. The summed E-state index contributed by atoms with van der Waals surface area (Å²) in [6.45, 7) is 2.06. The zero-order chi connectivity index (χ0) is 14.8. The highest BCUT2D eigenvalue weighted by Gasteiger charge is 2.14. The SMILES string of the molecule is CNC(C)c1ccc(F)cc1-c1cncc2ccccc12. The van der Waals surface area contributed by atoms with E-state index in [2.05, 4.69) is 17.2 Å². The minimum absolute atomic E-state index is 0.138. The number of hydrogen-bond acceptors (Lipinski definition) is 2. The molecular weight excluding hydrogens is 263 g/mol. The lowest BCUT2D eigenvalue weighted by molar-refractivity contribution is 0.620. The standard InChI is InChI=1S/C18H17FN2/c1-12(20-2)15-8-7-14(19)9-17(15)18-11-21-10-13-5-3-4-6-16(13)18/h3-12,20H,1-2H3. The van der Waals surface area contributed by atoms with Gasteiger partial charge in [-0.3, -0.25) is 4.98 Å². The van der Waals surface area contributed by atoms with Crippen molar-refractivity contribution in [1.82, 2.24) is 10.3 Å². The van der Waals surface area contributed by atoms with Crippen molar-refractivity contribution in [2.75, 3.05) is 7.05 Å². The van der Waals surface area contributed by atoms with E-state index in [-0.39, 0.29) is 11.9 Å². The van der Waals surface area contributed by atoms with Gasteiger partial charge in [0.2, 0.25) is 0 Å². The quantitative estimate of drug-likeness (QED) is 0.772. The van der Waals surface area contributed by atoms with Crippen LogP contribution in [0.1, 0.15) is 18.5 Å². The maximum atomic E-state index is 13.8. The molecule has 0 aliphatic heterocycles. The van der Waals surface area contributed by atoms with Crippen molar-refractivity contribution in [3.8, 4) is 11.1 Å². The van der Waals surface area contributed by atoms with E-state index in [1.54, 1.807) is 6.07 Å². The average Bonchev–Trinajstić information content (AvgIpc) is 2.53. The highest BCUT2D eigenvalue weighted by molar-refractivity contribution is 5.96. The zero-order valence-electron chi connectivity index (χ0n) is 12.1. The van der Waals surface area contributed by atoms with Crippen molar-refractivity contribution >= 4 is 10.8 Å². The lowest BCUT2D eigenvalue weighted by Crippen LogP contribution is -2.13. The predicted molar refractivity (Wildman–Crippen MR) is 84.6 cm³/mol. The van der Waals surface area contributed by atoms with Crippen molar-refractivity contribution < 1.29 is 4.39 Å². The number of aromatic nitrogens is 1. The van der Waals surface area contributed by atoms with Gasteiger partial charge in [-0.15, -0.1) is 0 Å². The van der Waals surface area contributed by atoms with Crippen molar-refractivity contribution in [2.45, 2.75) is 13.0 Å². The van der Waals surface area contributed by atoms with E-state index in [0.29, 0.717) is 0 Å². The van der Waals surface area contributed by atoms with E-state index in [1.165, 1.54) is 6.07 Å². The van der Waals surface area contributed by atoms with Crippen LogP contribution >= 0.6 is 0 Å². The molecule has 3 aromatic rings. The highest BCUT2D eigenvalue weighted by Crippen LogP contribution is 2.33. The van der Waals surface area contributed by atoms with Gasteiger partial charge in [0.05, 0.1) is 0 Å². The fraction of sp³-hybridized carbons (Fsp3) is 0.167. The number of fused-ring (bicyclic) bond motifs is 1. The molecule has 0 fully saturated rings. The van der Waals surface area contributed by atoms with Gasteiger partial charge in [0, 0.05) is 29.4 Å². The minimum atomic E-state index is -0.231. The van der Waals surface area contributed by atoms with Gasteiger partial charge in [-0.1, -0.05) is 30.3 Å². The topological polar surface area (TPSA) is 24.9 Å². The molecule has 0 bridgehead atoms. The Morgan fingerprint density at radius 3 is 2.67 bits per heavy atom. The molecule has 0 amide bonds. The molecule has 0 aliphatic rings. The first-order chi connectivity index (χ1) is 10.2. The molecule has 1 heterocycles. The molecule has 3 heteroatoms. The van der Waals surface area contributed by atoms with Crippen molar-refractivity contribution in [2.24, 2.45) is 0 Å². The molecule has 1 atom stereocenters. The third-order valence-corrected chi connectivity index (χ3v) is 3.87. The van der Waals surface area contributed by atoms with E-state index < -0.39 is 0 Å². The van der Waals surface area contributed by atoms with Gasteiger partial charge in [-0.25, -0.2) is 4.39 Å². The lowest BCUT2D eigenvalue weighted by atomic mass is 9.93. The van der Waals surface area contributed by atoms with Crippen LogP contribution in [-0.2, 0) is 0 Å². The summed E-state index contributed by atoms with van der Waals surface area (Å²) in [5.41, 5.74) is 2.92. The molecule has 2 nitrogen and oxygen atoms in total. The Bertz CT molecular complexity index is 778. The maximum absolute atomic E-state index is 13.8. The smallest absolute Gasteiger partial charge is 0.123 e. The van der Waals surface area contributed by atoms with Crippen LogP contribution in [0.4, 0.5) is 4.39 Å². The second-order valence-electron chi connectivity index (χ2n) is 5.15. The highest BCUT2D eigenvalue weighted by atomic mass is 19.1. The van der Waals surface area contributed by atoms with E-state index in [9.17, 15) is 4.39 Å². The van der Waals surface area contributed by atoms with Gasteiger partial charge in [-0.2, -0.15) is 0 Å². The number of pyridine rings is 1. The van der Waals surface area contributed by atoms with Crippen molar-refractivity contribution in [3.63, 3.8) is 0 Å². The predicted octanol–water partition coefficient (Wildman–Crippen LogP) is 4.32. The van der Waals surface area contributed by atoms with E-state index in [1.807, 2.05) is 49.8 Å². The number of benzene rings is 2. The van der Waals surface area contributed by atoms with Crippen LogP contribution in [-0.4, -0.2) is 12.0 Å². The molecule has 0 saturated carbocycles. The first-order valence-electron chi connectivity index (χ1n) is 7.00. The third-order valence-electron chi connectivity index (χ3n) is 3.87. The molecule has 1 unspecified atom stereocenters. The molecule has 21 heavy (non-hydrogen) atoms. The summed E-state index contributed by atoms with van der Waals surface area (Å²) in [6, 6.07) is 13.1. The van der Waals surface area contributed by atoms with Crippen LogP contribution in [0.15, 0.2) is 54.9 Å². The van der Waals surface area contributed by atoms with E-state index in [0.717, 1.165) is 27.5 Å². The largest absolute Gasteiger partial charge is 0.313 e. The summed E-state index contributed by atoms with van der Waals surface area (Å²) in [7, 11) is 1.90. The lowest BCUT2D eigenvalue weighted by Gasteiger charge is -2.17. The van der Waals surface area contributed by atoms with Crippen LogP contribution in [0.3, 0.4) is 0 Å². The molecule has 0 aliphatic carbocycles. The molecule has 0 spiro atoms. The summed E-state index contributed by atoms with van der Waals surface area (Å²) in [5, 5.41) is 5.36. The average molecular weight is 280 g/mol. The van der Waals surface area contributed by atoms with Crippen LogP contribution < -0.4 is 5.32 Å². The fourth-order valence-electron chi connectivity index (χ4n) is 2.63. The molecular formula is C18H17FN2. The first kappa shape index (κ1) is 13.7. The van der Waals surface area contributed by atoms with Crippen molar-refractivity contribution in [1.29, 1.82) is 0 Å². The normalized spacial score (nSPS) is 12.5. The summed E-state index contributed by atoms with van der Waals surface area (Å²) in [4.78, 5) is 4.30. The monoisotopic (exact) mass is 280 g/mol. The summed E-state index contributed by atoms with van der Waals surface area (Å²) in [6.07, 6.45) is 3.64. The number of nitrogens with one attached hydrogen (secondary N) is 1. The molecule has 0 radical (unpaired) electrons. The molecule has 3 rings (SSSR count). The zero-order valence-corrected chi connectivity index (χ0v) is 12.1. The fourth-order valence-corrected chi connectivity index (χ4v) is 2.63. The molecule has 1 aromatic heterocycles. The maximum Gasteiger partial charge on any atom is 0.123 e. The Morgan fingerprint density at radius 1 is 1.05 bits per heavy atom. The second-order valence-corrected chi connectivity index (χ2v) is 5.15. The second kappa shape index (κ2) is 5.62. The number of halogens is 1. The first-order valence-corrected chi connectivity index (χ1v) is 7.00. The van der Waals surface area contributed by atoms with Gasteiger partial charge in [0.25, 0.3) is 0 Å². The summed E-state index contributed by atoms with van der Waals surface area (Å²) in [5.74, 6) is -0.231. The van der Waals surface area contributed by atoms with Gasteiger partial charge >= 0.3 is 0 Å². The Balaban J connectivity index is 2.30. The van der Waals surface area contributed by atoms with Gasteiger partial charge < -0.3 is 5.32 Å². The minimum Gasteiger partial charge on any atom is -0.313 e. The van der Waals surface area contributed by atoms with Crippen LogP contribution in [0.25, 0.3) is 21.9 Å². The van der Waals surface area contributed by atoms with Crippen LogP contribution in [0, 0.1) is 5.82 Å².